The van der Waals surface area contributed by atoms with Gasteiger partial charge in [-0.25, -0.2) is 0 Å². The van der Waals surface area contributed by atoms with E-state index in [9.17, 15) is 4.79 Å². The summed E-state index contributed by atoms with van der Waals surface area (Å²) in [5.74, 6) is 0.729. The van der Waals surface area contributed by atoms with Gasteiger partial charge in [-0.3, -0.25) is 4.79 Å². The van der Waals surface area contributed by atoms with Crippen molar-refractivity contribution in [3.63, 3.8) is 0 Å². The molecule has 0 radical (unpaired) electrons. The minimum absolute atomic E-state index is 0.277. The van der Waals surface area contributed by atoms with Gasteiger partial charge in [0.25, 0.3) is 0 Å². The van der Waals surface area contributed by atoms with E-state index < -0.39 is 0 Å². The number of nitrogens with one attached hydrogen (secondary N) is 1. The fourth-order valence-electron chi connectivity index (χ4n) is 2.44. The lowest BCUT2D eigenvalue weighted by Gasteiger charge is -2.21. The van der Waals surface area contributed by atoms with Crippen LogP contribution < -0.4 is 5.32 Å². The van der Waals surface area contributed by atoms with E-state index in [0.29, 0.717) is 5.78 Å². The number of rotatable bonds is 5. The Kier molecular flexibility index (Phi) is 4.75. The van der Waals surface area contributed by atoms with Gasteiger partial charge >= 0.3 is 0 Å². The molecule has 1 aromatic rings. The van der Waals surface area contributed by atoms with E-state index in [1.165, 1.54) is 5.56 Å². The van der Waals surface area contributed by atoms with Gasteiger partial charge in [0.15, 0.2) is 0 Å². The van der Waals surface area contributed by atoms with Crippen LogP contribution in [0.2, 0.25) is 0 Å². The van der Waals surface area contributed by atoms with Crippen LogP contribution in [0.5, 0.6) is 0 Å². The Hall–Kier alpha value is -1.15. The van der Waals surface area contributed by atoms with Crippen LogP contribution in [0.15, 0.2) is 30.3 Å². The molecule has 0 saturated carbocycles. The maximum absolute atomic E-state index is 11.9. The second kappa shape index (κ2) is 6.55. The third kappa shape index (κ3) is 3.97. The van der Waals surface area contributed by atoms with Crippen LogP contribution in [0.3, 0.4) is 0 Å². The summed E-state index contributed by atoms with van der Waals surface area (Å²) >= 11 is 0. The van der Waals surface area contributed by atoms with Gasteiger partial charge in [0.2, 0.25) is 0 Å². The van der Waals surface area contributed by atoms with Crippen molar-refractivity contribution in [2.45, 2.75) is 32.1 Å². The Morgan fingerprint density at radius 2 is 2.12 bits per heavy atom. The van der Waals surface area contributed by atoms with E-state index in [1.807, 2.05) is 6.07 Å². The molecule has 0 unspecified atom stereocenters. The zero-order valence-corrected chi connectivity index (χ0v) is 10.3. The van der Waals surface area contributed by atoms with Gasteiger partial charge in [-0.2, -0.15) is 0 Å². The maximum Gasteiger partial charge on any atom is 0.137 e. The molecule has 0 aromatic heterocycles. The van der Waals surface area contributed by atoms with Crippen molar-refractivity contribution in [2.75, 3.05) is 13.1 Å². The number of hydrogen-bond donors (Lipinski definition) is 1. The lowest BCUT2D eigenvalue weighted by Crippen LogP contribution is -2.34. The van der Waals surface area contributed by atoms with Crippen LogP contribution in [-0.2, 0) is 11.2 Å². The maximum atomic E-state index is 11.9. The van der Waals surface area contributed by atoms with Crippen LogP contribution in [0, 0.1) is 5.92 Å². The zero-order chi connectivity index (χ0) is 11.9. The lowest BCUT2D eigenvalue weighted by molar-refractivity contribution is -0.123. The molecule has 1 aliphatic rings. The second-order valence-corrected chi connectivity index (χ2v) is 4.85. The van der Waals surface area contributed by atoms with E-state index in [2.05, 4.69) is 29.6 Å². The molecule has 1 heterocycles. The highest BCUT2D eigenvalue weighted by Crippen LogP contribution is 2.15. The first kappa shape index (κ1) is 12.3. The van der Waals surface area contributed by atoms with Crippen LogP contribution in [-0.4, -0.2) is 18.9 Å². The first-order chi connectivity index (χ1) is 8.36. The molecular formula is C15H21NO. The Balaban J connectivity index is 1.69. The summed E-state index contributed by atoms with van der Waals surface area (Å²) < 4.78 is 0. The molecule has 1 saturated heterocycles. The highest BCUT2D eigenvalue weighted by atomic mass is 16.1. The molecular weight excluding hydrogens is 210 g/mol. The highest BCUT2D eigenvalue weighted by Gasteiger charge is 2.19. The fourth-order valence-corrected chi connectivity index (χ4v) is 2.44. The predicted octanol–water partition coefficient (Wildman–Crippen LogP) is 2.58. The molecule has 0 amide bonds. The quantitative estimate of drug-likeness (QED) is 0.844. The summed E-state index contributed by atoms with van der Waals surface area (Å²) in [5, 5.41) is 3.30. The van der Waals surface area contributed by atoms with Gasteiger partial charge < -0.3 is 5.32 Å². The number of hydrogen-bond acceptors (Lipinski definition) is 2. The van der Waals surface area contributed by atoms with Gasteiger partial charge in [0, 0.05) is 18.9 Å². The minimum atomic E-state index is 0.277. The monoisotopic (exact) mass is 231 g/mol. The van der Waals surface area contributed by atoms with E-state index in [0.717, 1.165) is 45.2 Å². The van der Waals surface area contributed by atoms with E-state index in [4.69, 9.17) is 0 Å². The van der Waals surface area contributed by atoms with Crippen molar-refractivity contribution >= 4 is 5.78 Å². The van der Waals surface area contributed by atoms with Gasteiger partial charge in [-0.15, -0.1) is 0 Å². The third-order valence-electron chi connectivity index (χ3n) is 3.48. The molecule has 1 aliphatic heterocycles. The molecule has 0 bridgehead atoms. The first-order valence-electron chi connectivity index (χ1n) is 6.63. The van der Waals surface area contributed by atoms with Crippen molar-refractivity contribution in [1.29, 1.82) is 0 Å². The molecule has 17 heavy (non-hydrogen) atoms. The van der Waals surface area contributed by atoms with Crippen molar-refractivity contribution in [3.05, 3.63) is 35.9 Å². The van der Waals surface area contributed by atoms with Gasteiger partial charge in [0.1, 0.15) is 5.78 Å². The minimum Gasteiger partial charge on any atom is -0.316 e. The average molecular weight is 231 g/mol. The van der Waals surface area contributed by atoms with E-state index in [-0.39, 0.29) is 5.92 Å². The Labute approximate surface area is 103 Å². The number of benzene rings is 1. The van der Waals surface area contributed by atoms with Crippen LogP contribution in [0.4, 0.5) is 0 Å². The topological polar surface area (TPSA) is 29.1 Å². The fraction of sp³-hybridized carbons (Fsp3) is 0.533. The van der Waals surface area contributed by atoms with E-state index in [1.54, 1.807) is 0 Å². The predicted molar refractivity (Wildman–Crippen MR) is 70.0 cm³/mol. The molecule has 0 spiro atoms. The summed E-state index contributed by atoms with van der Waals surface area (Å²) in [6, 6.07) is 10.4. The Morgan fingerprint density at radius 3 is 2.82 bits per heavy atom. The molecule has 1 N–H and O–H groups in total. The summed E-state index contributed by atoms with van der Waals surface area (Å²) in [7, 11) is 0. The molecule has 2 heteroatoms. The second-order valence-electron chi connectivity index (χ2n) is 4.85. The van der Waals surface area contributed by atoms with Gasteiger partial charge in [-0.05, 0) is 37.8 Å². The molecule has 92 valence electrons. The number of carbonyl (C=O) groups is 1. The third-order valence-corrected chi connectivity index (χ3v) is 3.48. The van der Waals surface area contributed by atoms with Crippen molar-refractivity contribution in [1.82, 2.24) is 5.32 Å². The summed E-state index contributed by atoms with van der Waals surface area (Å²) in [4.78, 5) is 11.9. The SMILES string of the molecule is O=C(CCCc1ccccc1)[C@H]1CCCNC1. The van der Waals surface area contributed by atoms with Crippen LogP contribution in [0.1, 0.15) is 31.2 Å². The first-order valence-corrected chi connectivity index (χ1v) is 6.63. The van der Waals surface area contributed by atoms with Gasteiger partial charge in [0.05, 0.1) is 0 Å². The Morgan fingerprint density at radius 1 is 1.29 bits per heavy atom. The largest absolute Gasteiger partial charge is 0.316 e. The number of carbonyl (C=O) groups excluding carboxylic acids is 1. The Bertz CT molecular complexity index is 341. The van der Waals surface area contributed by atoms with Crippen molar-refractivity contribution < 1.29 is 4.79 Å². The molecule has 1 fully saturated rings. The van der Waals surface area contributed by atoms with Crippen LogP contribution in [0.25, 0.3) is 0 Å². The lowest BCUT2D eigenvalue weighted by atomic mass is 9.92. The molecule has 0 aliphatic carbocycles. The number of Topliss-reactive ketones (excluding diaryl/α,β-unsaturated/α-hetero) is 1. The zero-order valence-electron chi connectivity index (χ0n) is 10.3. The number of aryl methyl sites for hydroxylation is 1. The number of piperidine rings is 1. The van der Waals surface area contributed by atoms with Crippen molar-refractivity contribution in [3.8, 4) is 0 Å². The average Bonchev–Trinajstić information content (AvgIpc) is 2.41. The molecule has 1 atom stereocenters. The van der Waals surface area contributed by atoms with Crippen molar-refractivity contribution in [2.24, 2.45) is 5.92 Å². The normalized spacial score (nSPS) is 20.1. The summed E-state index contributed by atoms with van der Waals surface area (Å²) in [6.07, 6.45) is 4.97. The summed E-state index contributed by atoms with van der Waals surface area (Å²) in [5.41, 5.74) is 1.34. The van der Waals surface area contributed by atoms with E-state index >= 15 is 0 Å². The summed E-state index contributed by atoms with van der Waals surface area (Å²) in [6.45, 7) is 1.97. The van der Waals surface area contributed by atoms with Gasteiger partial charge in [-0.1, -0.05) is 30.3 Å². The molecule has 2 rings (SSSR count). The highest BCUT2D eigenvalue weighted by molar-refractivity contribution is 5.81. The standard InChI is InChI=1S/C15H21NO/c17-15(14-9-5-11-16-12-14)10-4-8-13-6-2-1-3-7-13/h1-3,6-7,14,16H,4-5,8-12H2/t14-/m0/s1. The molecule has 2 nitrogen and oxygen atoms in total. The number of ketones is 1. The molecule has 1 aromatic carbocycles. The van der Waals surface area contributed by atoms with Crippen LogP contribution >= 0.6 is 0 Å². The smallest absolute Gasteiger partial charge is 0.137 e.